The molecule has 0 bridgehead atoms. The van der Waals surface area contributed by atoms with Crippen LogP contribution in [0.25, 0.3) is 0 Å². The lowest BCUT2D eigenvalue weighted by atomic mass is 10.2. The lowest BCUT2D eigenvalue weighted by molar-refractivity contribution is -0.141. The number of hydrogen-bond acceptors (Lipinski definition) is 3. The van der Waals surface area contributed by atoms with Gasteiger partial charge in [0.25, 0.3) is 0 Å². The minimum absolute atomic E-state index is 0.00665. The van der Waals surface area contributed by atoms with E-state index in [4.69, 9.17) is 10.5 Å². The number of hydrogen-bond donors (Lipinski definition) is 1. The fraction of sp³-hybridized carbons (Fsp3) is 0.214. The molecule has 3 nitrogen and oxygen atoms in total. The van der Waals surface area contributed by atoms with Crippen LogP contribution in [-0.4, -0.2) is 4.98 Å². The maximum absolute atomic E-state index is 12.7. The smallest absolute Gasteiger partial charge is 0.433 e. The van der Waals surface area contributed by atoms with Gasteiger partial charge < -0.3 is 10.5 Å². The van der Waals surface area contributed by atoms with Crippen molar-refractivity contribution in [3.05, 3.63) is 59.3 Å². The summed E-state index contributed by atoms with van der Waals surface area (Å²) in [6.45, 7) is 0.145. The summed E-state index contributed by atoms with van der Waals surface area (Å²) in [6.07, 6.45) is -4.52. The summed E-state index contributed by atoms with van der Waals surface area (Å²) >= 11 is 0. The highest BCUT2D eigenvalue weighted by Crippen LogP contribution is 2.30. The van der Waals surface area contributed by atoms with E-state index >= 15 is 0 Å². The number of benzene rings is 1. The van der Waals surface area contributed by atoms with E-state index in [0.29, 0.717) is 5.56 Å². The molecule has 2 aromatic rings. The van der Waals surface area contributed by atoms with Crippen LogP contribution in [0.15, 0.2) is 42.5 Å². The summed E-state index contributed by atoms with van der Waals surface area (Å²) in [7, 11) is 0. The highest BCUT2D eigenvalue weighted by atomic mass is 19.4. The lowest BCUT2D eigenvalue weighted by Crippen LogP contribution is -2.11. The molecule has 0 atom stereocenters. The fourth-order valence-electron chi connectivity index (χ4n) is 1.63. The first kappa shape index (κ1) is 14.3. The topological polar surface area (TPSA) is 48.1 Å². The number of nitrogens with two attached hydrogens (primary N) is 1. The quantitative estimate of drug-likeness (QED) is 0.937. The second-order valence-corrected chi connectivity index (χ2v) is 4.18. The van der Waals surface area contributed by atoms with E-state index in [1.165, 1.54) is 6.07 Å². The molecule has 0 saturated heterocycles. The van der Waals surface area contributed by atoms with E-state index in [2.05, 4.69) is 4.98 Å². The van der Waals surface area contributed by atoms with Crippen molar-refractivity contribution in [1.29, 1.82) is 0 Å². The standard InChI is InChI=1S/C14H13F3N2O/c15-14(16,17)12-6-11(8-18)7-13(19-12)20-9-10-4-2-1-3-5-10/h1-7H,8-9,18H2. The van der Waals surface area contributed by atoms with E-state index in [0.717, 1.165) is 11.6 Å². The van der Waals surface area contributed by atoms with Crippen molar-refractivity contribution in [3.63, 3.8) is 0 Å². The van der Waals surface area contributed by atoms with Crippen LogP contribution in [0.5, 0.6) is 5.88 Å². The zero-order chi connectivity index (χ0) is 14.6. The van der Waals surface area contributed by atoms with Gasteiger partial charge in [-0.1, -0.05) is 30.3 Å². The summed E-state index contributed by atoms with van der Waals surface area (Å²) in [5, 5.41) is 0. The Labute approximate surface area is 114 Å². The first-order chi connectivity index (χ1) is 9.49. The van der Waals surface area contributed by atoms with Crippen LogP contribution in [-0.2, 0) is 19.3 Å². The number of alkyl halides is 3. The number of ether oxygens (including phenoxy) is 1. The number of halogens is 3. The first-order valence-electron chi connectivity index (χ1n) is 5.94. The molecule has 0 aliphatic rings. The third-order valence-electron chi connectivity index (χ3n) is 2.62. The Balaban J connectivity index is 2.19. The van der Waals surface area contributed by atoms with Gasteiger partial charge in [-0.2, -0.15) is 13.2 Å². The highest BCUT2D eigenvalue weighted by Gasteiger charge is 2.33. The van der Waals surface area contributed by atoms with Crippen LogP contribution in [0.3, 0.4) is 0 Å². The van der Waals surface area contributed by atoms with Gasteiger partial charge in [0.2, 0.25) is 5.88 Å². The van der Waals surface area contributed by atoms with Crippen molar-refractivity contribution < 1.29 is 17.9 Å². The van der Waals surface area contributed by atoms with Crippen LogP contribution in [0.4, 0.5) is 13.2 Å². The SMILES string of the molecule is NCc1cc(OCc2ccccc2)nc(C(F)(F)F)c1. The average Bonchev–Trinajstić information content (AvgIpc) is 2.45. The van der Waals surface area contributed by atoms with Gasteiger partial charge in [-0.25, -0.2) is 4.98 Å². The predicted octanol–water partition coefficient (Wildman–Crippen LogP) is 3.14. The molecule has 1 heterocycles. The van der Waals surface area contributed by atoms with Gasteiger partial charge in [0, 0.05) is 12.6 Å². The Morgan fingerprint density at radius 1 is 1.05 bits per heavy atom. The van der Waals surface area contributed by atoms with Gasteiger partial charge in [-0.15, -0.1) is 0 Å². The summed E-state index contributed by atoms with van der Waals surface area (Å²) in [5.41, 5.74) is 5.57. The van der Waals surface area contributed by atoms with Gasteiger partial charge in [0.1, 0.15) is 12.3 Å². The monoisotopic (exact) mass is 282 g/mol. The van der Waals surface area contributed by atoms with Gasteiger partial charge in [-0.3, -0.25) is 0 Å². The normalized spacial score (nSPS) is 11.4. The van der Waals surface area contributed by atoms with Crippen molar-refractivity contribution in [1.82, 2.24) is 4.98 Å². The van der Waals surface area contributed by atoms with E-state index in [1.807, 2.05) is 30.3 Å². The van der Waals surface area contributed by atoms with Crippen molar-refractivity contribution in [3.8, 4) is 5.88 Å². The van der Waals surface area contributed by atoms with Gasteiger partial charge in [0.15, 0.2) is 0 Å². The van der Waals surface area contributed by atoms with Crippen LogP contribution in [0, 0.1) is 0 Å². The third kappa shape index (κ3) is 3.71. The minimum Gasteiger partial charge on any atom is -0.473 e. The Morgan fingerprint density at radius 2 is 1.75 bits per heavy atom. The summed E-state index contributed by atoms with van der Waals surface area (Å²) in [5.74, 6) is -0.0795. The fourth-order valence-corrected chi connectivity index (χ4v) is 1.63. The largest absolute Gasteiger partial charge is 0.473 e. The predicted molar refractivity (Wildman–Crippen MR) is 67.9 cm³/mol. The molecule has 0 aliphatic heterocycles. The molecule has 0 saturated carbocycles. The minimum atomic E-state index is -4.52. The second-order valence-electron chi connectivity index (χ2n) is 4.18. The Hall–Kier alpha value is -2.08. The number of aromatic nitrogens is 1. The maximum Gasteiger partial charge on any atom is 0.433 e. The maximum atomic E-state index is 12.7. The summed E-state index contributed by atoms with van der Waals surface area (Å²) in [4.78, 5) is 3.46. The third-order valence-corrected chi connectivity index (χ3v) is 2.62. The van der Waals surface area contributed by atoms with E-state index < -0.39 is 11.9 Å². The van der Waals surface area contributed by atoms with E-state index in [1.54, 1.807) is 0 Å². The molecule has 0 unspecified atom stereocenters. The molecule has 20 heavy (non-hydrogen) atoms. The number of rotatable bonds is 4. The highest BCUT2D eigenvalue weighted by molar-refractivity contribution is 5.27. The Bertz CT molecular complexity index is 570. The van der Waals surface area contributed by atoms with Crippen molar-refractivity contribution in [2.75, 3.05) is 0 Å². The molecule has 0 amide bonds. The molecule has 2 N–H and O–H groups in total. The molecule has 6 heteroatoms. The van der Waals surface area contributed by atoms with Gasteiger partial charge in [0.05, 0.1) is 0 Å². The molecule has 2 rings (SSSR count). The first-order valence-corrected chi connectivity index (χ1v) is 5.94. The number of pyridine rings is 1. The molecule has 0 aliphatic carbocycles. The van der Waals surface area contributed by atoms with Gasteiger partial charge in [-0.05, 0) is 17.2 Å². The van der Waals surface area contributed by atoms with Gasteiger partial charge >= 0.3 is 6.18 Å². The van der Waals surface area contributed by atoms with Crippen LogP contribution in [0.1, 0.15) is 16.8 Å². The van der Waals surface area contributed by atoms with Crippen molar-refractivity contribution in [2.45, 2.75) is 19.3 Å². The average molecular weight is 282 g/mol. The zero-order valence-corrected chi connectivity index (χ0v) is 10.5. The van der Waals surface area contributed by atoms with Crippen LogP contribution < -0.4 is 10.5 Å². The number of nitrogens with zero attached hydrogens (tertiary/aromatic N) is 1. The lowest BCUT2D eigenvalue weighted by Gasteiger charge is -2.11. The molecule has 1 aromatic heterocycles. The summed E-state index contributed by atoms with van der Waals surface area (Å²) < 4.78 is 43.4. The second kappa shape index (κ2) is 5.92. The molecular formula is C14H13F3N2O. The Kier molecular flexibility index (Phi) is 4.24. The molecule has 0 radical (unpaired) electrons. The van der Waals surface area contributed by atoms with E-state index in [-0.39, 0.29) is 19.0 Å². The molecule has 106 valence electrons. The van der Waals surface area contributed by atoms with Crippen molar-refractivity contribution in [2.24, 2.45) is 5.73 Å². The molecule has 1 aromatic carbocycles. The van der Waals surface area contributed by atoms with Crippen LogP contribution in [0.2, 0.25) is 0 Å². The molecular weight excluding hydrogens is 269 g/mol. The van der Waals surface area contributed by atoms with Crippen molar-refractivity contribution >= 4 is 0 Å². The van der Waals surface area contributed by atoms with Crippen LogP contribution >= 0.6 is 0 Å². The molecule has 0 fully saturated rings. The summed E-state index contributed by atoms with van der Waals surface area (Å²) in [6, 6.07) is 11.5. The Morgan fingerprint density at radius 3 is 2.35 bits per heavy atom. The van der Waals surface area contributed by atoms with E-state index in [9.17, 15) is 13.2 Å². The zero-order valence-electron chi connectivity index (χ0n) is 10.5. The molecule has 0 spiro atoms.